The van der Waals surface area contributed by atoms with Crippen LogP contribution in [0, 0.1) is 28.1 Å². The maximum absolute atomic E-state index is 13.7. The van der Waals surface area contributed by atoms with Gasteiger partial charge in [-0.25, -0.2) is 0 Å². The van der Waals surface area contributed by atoms with Crippen LogP contribution in [0.3, 0.4) is 0 Å². The van der Waals surface area contributed by atoms with E-state index < -0.39 is 11.9 Å². The third kappa shape index (κ3) is 7.92. The minimum atomic E-state index is -0.856. The van der Waals surface area contributed by atoms with Crippen molar-refractivity contribution < 1.29 is 19.1 Å². The lowest BCUT2D eigenvalue weighted by molar-refractivity contribution is -0.164. The first-order chi connectivity index (χ1) is 28.7. The summed E-state index contributed by atoms with van der Waals surface area (Å²) >= 11 is 6.26. The summed E-state index contributed by atoms with van der Waals surface area (Å²) in [6, 6.07) is 19.7. The molecule has 0 radical (unpaired) electrons. The second kappa shape index (κ2) is 16.5. The van der Waals surface area contributed by atoms with E-state index in [1.165, 1.54) is 0 Å². The molecule has 4 heterocycles. The topological polar surface area (TPSA) is 166 Å². The number of nitrogens with one attached hydrogen (secondary N) is 2. The second-order valence-corrected chi connectivity index (χ2v) is 18.3. The number of piperidine rings is 2. The van der Waals surface area contributed by atoms with E-state index in [1.807, 2.05) is 36.4 Å². The highest BCUT2D eigenvalue weighted by molar-refractivity contribution is 6.31. The number of imide groups is 1. The van der Waals surface area contributed by atoms with Gasteiger partial charge in [-0.1, -0.05) is 50.6 Å². The van der Waals surface area contributed by atoms with Crippen molar-refractivity contribution in [3.8, 4) is 11.8 Å². The van der Waals surface area contributed by atoms with Crippen LogP contribution in [-0.2, 0) is 9.59 Å². The fraction of sp³-hybridized carbons (Fsp3) is 0.489. The van der Waals surface area contributed by atoms with Gasteiger partial charge in [0.05, 0.1) is 21.7 Å². The van der Waals surface area contributed by atoms with Crippen LogP contribution < -0.4 is 30.7 Å². The molecule has 60 heavy (non-hydrogen) atoms. The molecule has 1 saturated carbocycles. The summed E-state index contributed by atoms with van der Waals surface area (Å²) in [5.41, 5.74) is 2.39. The van der Waals surface area contributed by atoms with Crippen molar-refractivity contribution in [1.29, 1.82) is 5.26 Å². The zero-order valence-electron chi connectivity index (χ0n) is 34.6. The molecule has 3 amide bonds. The monoisotopic (exact) mass is 833 g/mol. The molecule has 3 aromatic carbocycles. The number of anilines is 2. The van der Waals surface area contributed by atoms with E-state index in [-0.39, 0.29) is 53.2 Å². The van der Waals surface area contributed by atoms with E-state index in [1.54, 1.807) is 24.3 Å². The Labute approximate surface area is 354 Å². The predicted octanol–water partition coefficient (Wildman–Crippen LogP) is 5.33. The third-order valence-corrected chi connectivity index (χ3v) is 13.6. The summed E-state index contributed by atoms with van der Waals surface area (Å²) < 4.78 is 7.52. The van der Waals surface area contributed by atoms with Gasteiger partial charge in [-0.15, -0.1) is 5.10 Å². The smallest absolute Gasteiger partial charge is 0.280 e. The highest BCUT2D eigenvalue weighted by atomic mass is 35.5. The zero-order chi connectivity index (χ0) is 42.3. The molecule has 1 aromatic heterocycles. The minimum Gasteiger partial charge on any atom is -0.489 e. The first-order valence-corrected chi connectivity index (χ1v) is 21.3. The van der Waals surface area contributed by atoms with Crippen molar-refractivity contribution in [3.63, 3.8) is 0 Å². The van der Waals surface area contributed by atoms with Gasteiger partial charge in [-0.05, 0) is 86.7 Å². The molecular weight excluding hydrogens is 782 g/mol. The average Bonchev–Trinajstić information content (AvgIpc) is 3.24. The lowest BCUT2D eigenvalue weighted by Gasteiger charge is -2.63. The molecule has 314 valence electrons. The van der Waals surface area contributed by atoms with Crippen LogP contribution in [0.5, 0.6) is 5.75 Å². The fourth-order valence-corrected chi connectivity index (χ4v) is 10.4. The number of carbonyl (C=O) groups is 3. The largest absolute Gasteiger partial charge is 0.489 e. The van der Waals surface area contributed by atoms with E-state index in [0.29, 0.717) is 38.7 Å². The van der Waals surface area contributed by atoms with Crippen LogP contribution in [0.25, 0.3) is 10.9 Å². The van der Waals surface area contributed by atoms with Crippen LogP contribution in [0.2, 0.25) is 5.02 Å². The average molecular weight is 834 g/mol. The molecule has 1 aliphatic carbocycles. The van der Waals surface area contributed by atoms with E-state index in [4.69, 9.17) is 16.3 Å². The van der Waals surface area contributed by atoms with Crippen LogP contribution in [0.1, 0.15) is 81.8 Å². The number of amides is 3. The number of nitrogens with zero attached hydrogens (tertiary/aromatic N) is 7. The summed E-state index contributed by atoms with van der Waals surface area (Å²) in [6.45, 7) is 14.9. The first kappa shape index (κ1) is 41.2. The highest BCUT2D eigenvalue weighted by Gasteiger charge is 2.64. The van der Waals surface area contributed by atoms with E-state index in [2.05, 4.69) is 69.4 Å². The van der Waals surface area contributed by atoms with Crippen LogP contribution in [0.4, 0.5) is 11.4 Å². The van der Waals surface area contributed by atoms with Crippen molar-refractivity contribution in [2.24, 2.45) is 16.7 Å². The molecule has 3 saturated heterocycles. The molecular formula is C45H52ClN9O5. The van der Waals surface area contributed by atoms with Crippen molar-refractivity contribution in [3.05, 3.63) is 87.2 Å². The van der Waals surface area contributed by atoms with Gasteiger partial charge in [-0.2, -0.15) is 9.94 Å². The molecule has 4 fully saturated rings. The molecule has 4 aromatic rings. The van der Waals surface area contributed by atoms with Gasteiger partial charge in [0, 0.05) is 79.9 Å². The Morgan fingerprint density at radius 1 is 0.933 bits per heavy atom. The Kier molecular flexibility index (Phi) is 11.3. The number of halogens is 1. The number of nitriles is 1. The van der Waals surface area contributed by atoms with Crippen molar-refractivity contribution in [2.75, 3.05) is 55.6 Å². The number of aromatic nitrogens is 3. The summed E-state index contributed by atoms with van der Waals surface area (Å²) in [7, 11) is 0. The van der Waals surface area contributed by atoms with Crippen molar-refractivity contribution >= 4 is 51.6 Å². The summed E-state index contributed by atoms with van der Waals surface area (Å²) in [4.78, 5) is 58.6. The van der Waals surface area contributed by atoms with Gasteiger partial charge in [0.1, 0.15) is 29.5 Å². The van der Waals surface area contributed by atoms with Gasteiger partial charge in [0.2, 0.25) is 5.91 Å². The van der Waals surface area contributed by atoms with Gasteiger partial charge < -0.3 is 19.9 Å². The molecule has 1 unspecified atom stereocenters. The third-order valence-electron chi connectivity index (χ3n) is 13.3. The molecule has 0 bridgehead atoms. The lowest BCUT2D eigenvalue weighted by Crippen LogP contribution is -2.74. The number of rotatable bonds is 10. The molecule has 15 heteroatoms. The van der Waals surface area contributed by atoms with Crippen molar-refractivity contribution in [2.45, 2.75) is 78.0 Å². The molecule has 4 aliphatic rings. The zero-order valence-corrected chi connectivity index (χ0v) is 35.4. The van der Waals surface area contributed by atoms with Crippen LogP contribution in [0.15, 0.2) is 65.5 Å². The van der Waals surface area contributed by atoms with Gasteiger partial charge >= 0.3 is 0 Å². The Hall–Kier alpha value is -5.52. The number of carbonyl (C=O) groups excluding carboxylic acids is 3. The lowest BCUT2D eigenvalue weighted by atomic mass is 9.49. The summed E-state index contributed by atoms with van der Waals surface area (Å²) in [5.74, 6) is 0.215. The Bertz CT molecular complexity index is 2380. The van der Waals surface area contributed by atoms with Gasteiger partial charge in [0.25, 0.3) is 17.4 Å². The minimum absolute atomic E-state index is 0.109. The first-order valence-electron chi connectivity index (χ1n) is 21.0. The van der Waals surface area contributed by atoms with Crippen LogP contribution >= 0.6 is 11.6 Å². The van der Waals surface area contributed by atoms with E-state index in [9.17, 15) is 24.4 Å². The number of benzene rings is 3. The molecule has 1 atom stereocenters. The quantitative estimate of drug-likeness (QED) is 0.198. The predicted molar refractivity (Wildman–Crippen MR) is 229 cm³/mol. The Balaban J connectivity index is 0.795. The maximum atomic E-state index is 13.7. The normalized spacial score (nSPS) is 23.1. The Morgan fingerprint density at radius 2 is 1.65 bits per heavy atom. The van der Waals surface area contributed by atoms with Crippen molar-refractivity contribution in [1.82, 2.24) is 30.5 Å². The van der Waals surface area contributed by atoms with Gasteiger partial charge in [0.15, 0.2) is 0 Å². The second-order valence-electron chi connectivity index (χ2n) is 17.9. The SMILES string of the molecule is CC1(C)C(NC(=O)c2ccc(N3CCN(CCC4CCN(c5cccc6nnn(C7CCC(=O)NC7=O)c(=O)c56)CC4)CC3)cc2)C(C)(C)C1Oc1ccc(C#N)c(Cl)c1. The molecule has 2 N–H and O–H groups in total. The fourth-order valence-electron chi connectivity index (χ4n) is 10.2. The molecule has 3 aliphatic heterocycles. The van der Waals surface area contributed by atoms with E-state index in [0.717, 1.165) is 81.1 Å². The Morgan fingerprint density at radius 3 is 2.32 bits per heavy atom. The van der Waals surface area contributed by atoms with E-state index >= 15 is 0 Å². The number of fused-ring (bicyclic) bond motifs is 1. The number of hydrogen-bond acceptors (Lipinski definition) is 11. The van der Waals surface area contributed by atoms with Crippen LogP contribution in [-0.4, -0.2) is 95.6 Å². The standard InChI is InChI=1S/C45H52ClN9O5/c1-44(2)42(45(3,4)43(44)60-32-13-10-30(27-47)33(46)26-32)49-39(57)29-8-11-31(12-9-29)53-24-22-52(23-25-53)19-16-28-17-20-54(21-18-28)35-7-5-6-34-38(35)41(59)55(51-50-34)36-14-15-37(56)48-40(36)58/h5-13,26,28,36,42-43H,14-25H2,1-4H3,(H,49,57)(H,48,56,58). The maximum Gasteiger partial charge on any atom is 0.280 e. The number of ether oxygens (including phenoxy) is 1. The summed E-state index contributed by atoms with van der Waals surface area (Å²) in [6.07, 6.45) is 3.36. The summed E-state index contributed by atoms with van der Waals surface area (Å²) in [5, 5.41) is 24.0. The molecule has 14 nitrogen and oxygen atoms in total. The van der Waals surface area contributed by atoms with Gasteiger partial charge in [-0.3, -0.25) is 29.4 Å². The number of piperazine rings is 1. The highest BCUT2D eigenvalue weighted by Crippen LogP contribution is 2.55. The molecule has 0 spiro atoms. The molecule has 8 rings (SSSR count). The number of hydrogen-bond donors (Lipinski definition) is 2.